The van der Waals surface area contributed by atoms with Crippen molar-refractivity contribution in [2.75, 3.05) is 26.2 Å². The lowest BCUT2D eigenvalue weighted by Crippen LogP contribution is -2.54. The van der Waals surface area contributed by atoms with Gasteiger partial charge in [-0.2, -0.15) is 0 Å². The van der Waals surface area contributed by atoms with Crippen LogP contribution in [-0.4, -0.2) is 76.5 Å². The normalized spacial score (nSPS) is 20.1. The van der Waals surface area contributed by atoms with Crippen LogP contribution in [0.2, 0.25) is 0 Å². The van der Waals surface area contributed by atoms with Gasteiger partial charge in [0.2, 0.25) is 5.91 Å². The molecule has 3 fully saturated rings. The number of ether oxygens (including phenoxy) is 1. The highest BCUT2D eigenvalue weighted by molar-refractivity contribution is 5.95. The number of nitro benzene ring substituents is 1. The molecule has 40 heavy (non-hydrogen) atoms. The van der Waals surface area contributed by atoms with Crippen molar-refractivity contribution in [3.05, 3.63) is 39.4 Å². The molecule has 0 aromatic heterocycles. The second-order valence-electron chi connectivity index (χ2n) is 12.4. The summed E-state index contributed by atoms with van der Waals surface area (Å²) in [7, 11) is 0. The zero-order valence-electron chi connectivity index (χ0n) is 23.9. The van der Waals surface area contributed by atoms with Crippen molar-refractivity contribution in [1.29, 1.82) is 0 Å². The Balaban J connectivity index is 1.42. The number of benzene rings is 1. The minimum atomic E-state index is -0.602. The molecule has 1 atom stereocenters. The van der Waals surface area contributed by atoms with Crippen LogP contribution in [0.4, 0.5) is 10.5 Å². The maximum Gasteiger partial charge on any atom is 0.410 e. The highest BCUT2D eigenvalue weighted by Crippen LogP contribution is 2.32. The molecule has 11 nitrogen and oxygen atoms in total. The van der Waals surface area contributed by atoms with Crippen LogP contribution in [0.25, 0.3) is 0 Å². The lowest BCUT2D eigenvalue weighted by Gasteiger charge is -2.35. The molecule has 1 unspecified atom stereocenters. The highest BCUT2D eigenvalue weighted by Gasteiger charge is 2.32. The Kier molecular flexibility index (Phi) is 9.65. The van der Waals surface area contributed by atoms with Gasteiger partial charge in [0.15, 0.2) is 0 Å². The predicted octanol–water partition coefficient (Wildman–Crippen LogP) is 3.99. The van der Waals surface area contributed by atoms with E-state index in [-0.39, 0.29) is 48.1 Å². The molecule has 1 heterocycles. The molecule has 0 spiro atoms. The van der Waals surface area contributed by atoms with Gasteiger partial charge in [0.05, 0.1) is 11.5 Å². The van der Waals surface area contributed by atoms with E-state index in [2.05, 4.69) is 10.6 Å². The maximum absolute atomic E-state index is 13.5. The molecule has 11 heteroatoms. The molecule has 1 aromatic carbocycles. The Hall–Kier alpha value is -3.21. The summed E-state index contributed by atoms with van der Waals surface area (Å²) in [4.78, 5) is 53.7. The van der Waals surface area contributed by atoms with E-state index in [0.29, 0.717) is 37.7 Å². The first-order valence-electron chi connectivity index (χ1n) is 14.6. The predicted molar refractivity (Wildman–Crippen MR) is 150 cm³/mol. The van der Waals surface area contributed by atoms with Crippen LogP contribution >= 0.6 is 0 Å². The number of nitro groups is 1. The third-order valence-electron chi connectivity index (χ3n) is 7.70. The maximum atomic E-state index is 13.5. The number of hydrogen-bond acceptors (Lipinski definition) is 7. The first kappa shape index (κ1) is 29.8. The monoisotopic (exact) mass is 557 g/mol. The van der Waals surface area contributed by atoms with Gasteiger partial charge in [-0.3, -0.25) is 19.7 Å². The van der Waals surface area contributed by atoms with Gasteiger partial charge >= 0.3 is 6.09 Å². The molecule has 0 radical (unpaired) electrons. The van der Waals surface area contributed by atoms with Crippen molar-refractivity contribution in [1.82, 2.24) is 20.4 Å². The van der Waals surface area contributed by atoms with Crippen LogP contribution in [0.5, 0.6) is 0 Å². The van der Waals surface area contributed by atoms with Gasteiger partial charge in [-0.1, -0.05) is 19.3 Å². The van der Waals surface area contributed by atoms with E-state index in [0.717, 1.165) is 38.5 Å². The minimum Gasteiger partial charge on any atom is -0.444 e. The van der Waals surface area contributed by atoms with Crippen molar-refractivity contribution < 1.29 is 24.0 Å². The van der Waals surface area contributed by atoms with Gasteiger partial charge < -0.3 is 25.2 Å². The minimum absolute atomic E-state index is 0.0959. The average Bonchev–Trinajstić information content (AvgIpc) is 3.72. The molecule has 3 amide bonds. The molecule has 1 aromatic rings. The van der Waals surface area contributed by atoms with Crippen LogP contribution in [0, 0.1) is 16.0 Å². The summed E-state index contributed by atoms with van der Waals surface area (Å²) in [6.45, 7) is 7.48. The van der Waals surface area contributed by atoms with E-state index in [1.165, 1.54) is 12.5 Å². The van der Waals surface area contributed by atoms with E-state index < -0.39 is 16.6 Å². The largest absolute Gasteiger partial charge is 0.444 e. The number of nitrogens with one attached hydrogen (secondary N) is 2. The molecule has 2 aliphatic carbocycles. The fraction of sp³-hybridized carbons (Fsp3) is 0.690. The molecule has 1 saturated heterocycles. The first-order valence-corrected chi connectivity index (χ1v) is 14.6. The van der Waals surface area contributed by atoms with E-state index in [4.69, 9.17) is 4.74 Å². The third kappa shape index (κ3) is 8.64. The second kappa shape index (κ2) is 13.0. The number of hydrogen-bond donors (Lipinski definition) is 2. The van der Waals surface area contributed by atoms with Crippen LogP contribution in [0.15, 0.2) is 18.2 Å². The first-order chi connectivity index (χ1) is 19.0. The summed E-state index contributed by atoms with van der Waals surface area (Å²) in [5.74, 6) is -0.0321. The van der Waals surface area contributed by atoms with Gasteiger partial charge in [-0.15, -0.1) is 0 Å². The van der Waals surface area contributed by atoms with E-state index in [1.807, 2.05) is 20.8 Å². The van der Waals surface area contributed by atoms with E-state index in [1.54, 1.807) is 21.9 Å². The van der Waals surface area contributed by atoms with Crippen molar-refractivity contribution in [3.8, 4) is 0 Å². The lowest BCUT2D eigenvalue weighted by molar-refractivity contribution is -0.385. The Morgan fingerprint density at radius 1 is 1.15 bits per heavy atom. The summed E-state index contributed by atoms with van der Waals surface area (Å²) in [6, 6.07) is 4.41. The Morgan fingerprint density at radius 3 is 2.52 bits per heavy atom. The summed E-state index contributed by atoms with van der Waals surface area (Å²) in [5.41, 5.74) is -0.0958. The molecule has 2 saturated carbocycles. The standard InChI is InChI=1S/C29H43N5O6/c1-29(2,3)40-28(37)32-14-13-30-24(19-32)16-26(35)33(17-20-9-10-20)18-22-12-11-21(15-25(22)34(38)39)27(36)31-23-7-5-4-6-8-23/h11-12,15,20,23-24,30H,4-10,13-14,16-19H2,1-3H3,(H,31,36). The molecule has 3 aliphatic rings. The lowest BCUT2D eigenvalue weighted by atomic mass is 9.95. The van der Waals surface area contributed by atoms with Crippen molar-refractivity contribution in [3.63, 3.8) is 0 Å². The SMILES string of the molecule is CC(C)(C)OC(=O)N1CCNC(CC(=O)N(Cc2ccc(C(=O)NC3CCCCC3)cc2[N+](=O)[O-])CC2CC2)C1. The Labute approximate surface area is 236 Å². The molecule has 0 bridgehead atoms. The quantitative estimate of drug-likeness (QED) is 0.346. The van der Waals surface area contributed by atoms with Crippen molar-refractivity contribution in [2.24, 2.45) is 5.92 Å². The zero-order chi connectivity index (χ0) is 28.9. The number of rotatable bonds is 9. The van der Waals surface area contributed by atoms with Crippen molar-refractivity contribution >= 4 is 23.6 Å². The zero-order valence-corrected chi connectivity index (χ0v) is 23.9. The Bertz CT molecular complexity index is 1090. The molecular formula is C29H43N5O6. The van der Waals surface area contributed by atoms with Crippen molar-refractivity contribution in [2.45, 2.75) is 96.4 Å². The fourth-order valence-corrected chi connectivity index (χ4v) is 5.39. The number of carbonyl (C=O) groups excluding carboxylic acids is 3. The number of piperazine rings is 1. The highest BCUT2D eigenvalue weighted by atomic mass is 16.6. The summed E-state index contributed by atoms with van der Waals surface area (Å²) < 4.78 is 5.49. The van der Waals surface area contributed by atoms with Gasteiger partial charge in [0.1, 0.15) is 5.60 Å². The van der Waals surface area contributed by atoms with E-state index in [9.17, 15) is 24.5 Å². The van der Waals surface area contributed by atoms with Crippen LogP contribution in [0.1, 0.15) is 88.1 Å². The molecule has 220 valence electrons. The van der Waals surface area contributed by atoms with Gasteiger partial charge in [-0.25, -0.2) is 4.79 Å². The molecular weight excluding hydrogens is 514 g/mol. The summed E-state index contributed by atoms with van der Waals surface area (Å²) >= 11 is 0. The third-order valence-corrected chi connectivity index (χ3v) is 7.70. The van der Waals surface area contributed by atoms with Gasteiger partial charge in [0, 0.05) is 61.9 Å². The number of carbonyl (C=O) groups is 3. The average molecular weight is 558 g/mol. The summed E-state index contributed by atoms with van der Waals surface area (Å²) in [6.07, 6.45) is 6.99. The smallest absolute Gasteiger partial charge is 0.410 e. The van der Waals surface area contributed by atoms with Gasteiger partial charge in [-0.05, 0) is 64.5 Å². The number of nitrogens with zero attached hydrogens (tertiary/aromatic N) is 3. The fourth-order valence-electron chi connectivity index (χ4n) is 5.39. The molecule has 1 aliphatic heterocycles. The Morgan fingerprint density at radius 2 is 1.88 bits per heavy atom. The molecule has 2 N–H and O–H groups in total. The molecule has 4 rings (SSSR count). The number of amides is 3. The topological polar surface area (TPSA) is 134 Å². The second-order valence-corrected chi connectivity index (χ2v) is 12.4. The van der Waals surface area contributed by atoms with Gasteiger partial charge in [0.25, 0.3) is 11.6 Å². The van der Waals surface area contributed by atoms with Crippen LogP contribution in [0.3, 0.4) is 0 Å². The van der Waals surface area contributed by atoms with Crippen LogP contribution in [-0.2, 0) is 16.1 Å². The van der Waals surface area contributed by atoms with Crippen LogP contribution < -0.4 is 10.6 Å². The van der Waals surface area contributed by atoms with E-state index >= 15 is 0 Å². The summed E-state index contributed by atoms with van der Waals surface area (Å²) in [5, 5.41) is 18.3.